The van der Waals surface area contributed by atoms with E-state index in [0.29, 0.717) is 11.8 Å². The number of nitrogens with zero attached hydrogens (tertiary/aromatic N) is 3. The Hall–Kier alpha value is -1.94. The Morgan fingerprint density at radius 3 is 2.88 bits per heavy atom. The number of aryl methyl sites for hydroxylation is 2. The molecule has 4 nitrogen and oxygen atoms in total. The monoisotopic (exact) mass is 325 g/mol. The zero-order valence-electron chi connectivity index (χ0n) is 14.9. The number of hydrogen-bond acceptors (Lipinski definition) is 4. The number of aromatic nitrogens is 2. The minimum absolute atomic E-state index is 0.373. The molecule has 2 heterocycles. The van der Waals surface area contributed by atoms with E-state index < -0.39 is 0 Å². The Bertz CT molecular complexity index is 714. The summed E-state index contributed by atoms with van der Waals surface area (Å²) in [4.78, 5) is 11.6. The van der Waals surface area contributed by atoms with Crippen LogP contribution in [-0.2, 0) is 6.54 Å². The van der Waals surface area contributed by atoms with Crippen molar-refractivity contribution >= 4 is 0 Å². The van der Waals surface area contributed by atoms with Crippen LogP contribution in [0.1, 0.15) is 49.6 Å². The van der Waals surface area contributed by atoms with E-state index in [1.807, 2.05) is 19.9 Å². The van der Waals surface area contributed by atoms with E-state index in [0.717, 1.165) is 41.3 Å². The highest BCUT2D eigenvalue weighted by Crippen LogP contribution is 2.29. The van der Waals surface area contributed by atoms with E-state index in [1.165, 1.54) is 25.7 Å². The van der Waals surface area contributed by atoms with E-state index in [4.69, 9.17) is 0 Å². The van der Waals surface area contributed by atoms with Gasteiger partial charge in [-0.15, -0.1) is 0 Å². The molecule has 1 saturated heterocycles. The molecule has 1 N–H and O–H groups in total. The molecule has 128 valence electrons. The van der Waals surface area contributed by atoms with Crippen molar-refractivity contribution in [1.29, 1.82) is 0 Å². The SMILES string of the molecule is CC[C@@H]1CCCCN1Cc1cc(-c2nc(C)cnc2C)ccc1O. The van der Waals surface area contributed by atoms with Crippen molar-refractivity contribution in [3.63, 3.8) is 0 Å². The van der Waals surface area contributed by atoms with Crippen LogP contribution in [0.5, 0.6) is 5.75 Å². The molecule has 0 spiro atoms. The van der Waals surface area contributed by atoms with Gasteiger partial charge in [0.1, 0.15) is 5.75 Å². The number of piperidine rings is 1. The molecule has 0 radical (unpaired) electrons. The van der Waals surface area contributed by atoms with Gasteiger partial charge in [-0.1, -0.05) is 13.3 Å². The third-order valence-corrected chi connectivity index (χ3v) is 5.02. The molecule has 1 atom stereocenters. The van der Waals surface area contributed by atoms with Crippen LogP contribution in [0.3, 0.4) is 0 Å². The summed E-state index contributed by atoms with van der Waals surface area (Å²) in [7, 11) is 0. The molecule has 0 unspecified atom stereocenters. The van der Waals surface area contributed by atoms with Crippen molar-refractivity contribution in [1.82, 2.24) is 14.9 Å². The Kier molecular flexibility index (Phi) is 5.14. The molecular formula is C20H27N3O. The van der Waals surface area contributed by atoms with E-state index in [-0.39, 0.29) is 0 Å². The fraction of sp³-hybridized carbons (Fsp3) is 0.500. The van der Waals surface area contributed by atoms with Crippen LogP contribution in [0.15, 0.2) is 24.4 Å². The summed E-state index contributed by atoms with van der Waals surface area (Å²) in [6.45, 7) is 8.11. The molecule has 1 fully saturated rings. The van der Waals surface area contributed by atoms with Crippen molar-refractivity contribution in [3.05, 3.63) is 41.3 Å². The van der Waals surface area contributed by atoms with Crippen molar-refractivity contribution < 1.29 is 5.11 Å². The molecule has 2 aromatic rings. The molecule has 1 aromatic heterocycles. The van der Waals surface area contributed by atoms with Gasteiger partial charge in [0.25, 0.3) is 0 Å². The van der Waals surface area contributed by atoms with Gasteiger partial charge in [0.15, 0.2) is 0 Å². The maximum atomic E-state index is 10.3. The first-order valence-corrected chi connectivity index (χ1v) is 8.95. The van der Waals surface area contributed by atoms with Crippen LogP contribution in [-0.4, -0.2) is 32.6 Å². The lowest BCUT2D eigenvalue weighted by atomic mass is 9.98. The van der Waals surface area contributed by atoms with Crippen LogP contribution < -0.4 is 0 Å². The fourth-order valence-corrected chi connectivity index (χ4v) is 3.62. The Morgan fingerprint density at radius 2 is 2.08 bits per heavy atom. The summed E-state index contributed by atoms with van der Waals surface area (Å²) in [5, 5.41) is 10.3. The highest BCUT2D eigenvalue weighted by Gasteiger charge is 2.22. The maximum absolute atomic E-state index is 10.3. The Labute approximate surface area is 144 Å². The van der Waals surface area contributed by atoms with Gasteiger partial charge < -0.3 is 5.11 Å². The van der Waals surface area contributed by atoms with E-state index in [2.05, 4.69) is 27.9 Å². The smallest absolute Gasteiger partial charge is 0.120 e. The molecule has 3 rings (SSSR count). The van der Waals surface area contributed by atoms with Crippen LogP contribution in [0.2, 0.25) is 0 Å². The molecule has 4 heteroatoms. The lowest BCUT2D eigenvalue weighted by Gasteiger charge is -2.35. The Balaban J connectivity index is 1.90. The highest BCUT2D eigenvalue weighted by atomic mass is 16.3. The van der Waals surface area contributed by atoms with E-state index in [1.54, 1.807) is 12.3 Å². The van der Waals surface area contributed by atoms with E-state index >= 15 is 0 Å². The first kappa shape index (κ1) is 16.9. The lowest BCUT2D eigenvalue weighted by molar-refractivity contribution is 0.135. The zero-order chi connectivity index (χ0) is 17.1. The lowest BCUT2D eigenvalue weighted by Crippen LogP contribution is -2.38. The highest BCUT2D eigenvalue weighted by molar-refractivity contribution is 5.64. The number of hydrogen-bond donors (Lipinski definition) is 1. The molecule has 0 aliphatic carbocycles. The van der Waals surface area contributed by atoms with Crippen LogP contribution in [0.25, 0.3) is 11.3 Å². The van der Waals surface area contributed by atoms with Gasteiger partial charge >= 0.3 is 0 Å². The number of phenols is 1. The molecule has 1 aliphatic rings. The third-order valence-electron chi connectivity index (χ3n) is 5.02. The number of phenolic OH excluding ortho intramolecular Hbond substituents is 1. The van der Waals surface area contributed by atoms with Crippen molar-refractivity contribution in [2.75, 3.05) is 6.54 Å². The number of rotatable bonds is 4. The molecule has 1 aliphatic heterocycles. The van der Waals surface area contributed by atoms with Crippen LogP contribution in [0.4, 0.5) is 0 Å². The first-order chi connectivity index (χ1) is 11.6. The van der Waals surface area contributed by atoms with Gasteiger partial charge in [-0.2, -0.15) is 0 Å². The first-order valence-electron chi connectivity index (χ1n) is 8.95. The van der Waals surface area contributed by atoms with Crippen LogP contribution >= 0.6 is 0 Å². The van der Waals surface area contributed by atoms with Crippen molar-refractivity contribution in [2.45, 2.75) is 59.0 Å². The minimum atomic E-state index is 0.373. The van der Waals surface area contributed by atoms with Gasteiger partial charge in [-0.25, -0.2) is 4.98 Å². The second kappa shape index (κ2) is 7.31. The van der Waals surface area contributed by atoms with Crippen molar-refractivity contribution in [3.8, 4) is 17.0 Å². The average molecular weight is 325 g/mol. The predicted molar refractivity (Wildman–Crippen MR) is 96.9 cm³/mol. The van der Waals surface area contributed by atoms with Gasteiger partial charge in [-0.05, 0) is 57.9 Å². The van der Waals surface area contributed by atoms with Crippen LogP contribution in [0, 0.1) is 13.8 Å². The molecule has 0 bridgehead atoms. The number of aromatic hydroxyl groups is 1. The van der Waals surface area contributed by atoms with Gasteiger partial charge in [0.2, 0.25) is 0 Å². The second-order valence-corrected chi connectivity index (χ2v) is 6.82. The fourth-order valence-electron chi connectivity index (χ4n) is 3.62. The summed E-state index contributed by atoms with van der Waals surface area (Å²) in [6, 6.07) is 6.43. The summed E-state index contributed by atoms with van der Waals surface area (Å²) >= 11 is 0. The summed E-state index contributed by atoms with van der Waals surface area (Å²) in [5.41, 5.74) is 4.74. The molecule has 0 amide bonds. The largest absolute Gasteiger partial charge is 0.508 e. The second-order valence-electron chi connectivity index (χ2n) is 6.82. The Morgan fingerprint density at radius 1 is 1.25 bits per heavy atom. The summed E-state index contributed by atoms with van der Waals surface area (Å²) in [6.07, 6.45) is 6.79. The van der Waals surface area contributed by atoms with Gasteiger partial charge in [-0.3, -0.25) is 9.88 Å². The quantitative estimate of drug-likeness (QED) is 0.914. The summed E-state index contributed by atoms with van der Waals surface area (Å²) in [5.74, 6) is 0.373. The standard InChI is InChI=1S/C20H27N3O/c1-4-18-7-5-6-10-23(18)13-17-11-16(8-9-19(17)24)20-15(3)21-12-14(2)22-20/h8-9,11-12,18,24H,4-7,10,13H2,1-3H3/t18-/m1/s1. The summed E-state index contributed by atoms with van der Waals surface area (Å²) < 4.78 is 0. The topological polar surface area (TPSA) is 49.2 Å². The molecule has 1 aromatic carbocycles. The van der Waals surface area contributed by atoms with E-state index in [9.17, 15) is 5.11 Å². The molecule has 24 heavy (non-hydrogen) atoms. The minimum Gasteiger partial charge on any atom is -0.508 e. The number of benzene rings is 1. The zero-order valence-corrected chi connectivity index (χ0v) is 14.9. The number of likely N-dealkylation sites (tertiary alicyclic amines) is 1. The molecular weight excluding hydrogens is 298 g/mol. The average Bonchev–Trinajstić information content (AvgIpc) is 2.59. The van der Waals surface area contributed by atoms with Gasteiger partial charge in [0.05, 0.1) is 17.1 Å². The normalized spacial score (nSPS) is 18.7. The van der Waals surface area contributed by atoms with Crippen molar-refractivity contribution in [2.24, 2.45) is 0 Å². The molecule has 0 saturated carbocycles. The van der Waals surface area contributed by atoms with Gasteiger partial charge in [0, 0.05) is 29.9 Å². The predicted octanol–water partition coefficient (Wildman–Crippen LogP) is 4.23. The maximum Gasteiger partial charge on any atom is 0.120 e. The third kappa shape index (κ3) is 3.59.